The molecule has 4 nitrogen and oxygen atoms in total. The molecule has 0 spiro atoms. The zero-order chi connectivity index (χ0) is 12.0. The van der Waals surface area contributed by atoms with Gasteiger partial charge in [0.1, 0.15) is 0 Å². The highest BCUT2D eigenvalue weighted by Gasteiger charge is 2.07. The van der Waals surface area contributed by atoms with Crippen LogP contribution in [0.5, 0.6) is 11.5 Å². The van der Waals surface area contributed by atoms with Crippen molar-refractivity contribution in [1.82, 2.24) is 0 Å². The van der Waals surface area contributed by atoms with Gasteiger partial charge < -0.3 is 10.2 Å². The molecule has 0 amide bonds. The van der Waals surface area contributed by atoms with Crippen LogP contribution in [0.25, 0.3) is 0 Å². The third-order valence-corrected chi connectivity index (χ3v) is 3.10. The SMILES string of the molecule is CCCCCOS(=O)c1ccc(O)c(O)c1. The van der Waals surface area contributed by atoms with Crippen LogP contribution in [-0.4, -0.2) is 21.0 Å². The van der Waals surface area contributed by atoms with Gasteiger partial charge in [-0.1, -0.05) is 19.8 Å². The molecule has 5 heteroatoms. The zero-order valence-corrected chi connectivity index (χ0v) is 10.00. The van der Waals surface area contributed by atoms with Crippen LogP contribution in [0.3, 0.4) is 0 Å². The van der Waals surface area contributed by atoms with Gasteiger partial charge in [-0.05, 0) is 18.6 Å². The molecule has 0 bridgehead atoms. The lowest BCUT2D eigenvalue weighted by Gasteiger charge is -2.04. The third-order valence-electron chi connectivity index (χ3n) is 2.08. The molecular formula is C11H16O4S. The molecule has 0 aliphatic rings. The lowest BCUT2D eigenvalue weighted by atomic mass is 10.3. The number of phenolic OH excluding ortho intramolecular Hbond substituents is 2. The molecular weight excluding hydrogens is 228 g/mol. The van der Waals surface area contributed by atoms with Crippen LogP contribution >= 0.6 is 0 Å². The van der Waals surface area contributed by atoms with E-state index >= 15 is 0 Å². The minimum Gasteiger partial charge on any atom is -0.504 e. The smallest absolute Gasteiger partial charge is 0.189 e. The van der Waals surface area contributed by atoms with Gasteiger partial charge >= 0.3 is 0 Å². The van der Waals surface area contributed by atoms with Crippen molar-refractivity contribution in [1.29, 1.82) is 0 Å². The molecule has 16 heavy (non-hydrogen) atoms. The number of hydrogen-bond acceptors (Lipinski definition) is 4. The summed E-state index contributed by atoms with van der Waals surface area (Å²) >= 11 is -1.58. The molecule has 0 radical (unpaired) electrons. The quantitative estimate of drug-likeness (QED) is 0.595. The van der Waals surface area contributed by atoms with E-state index in [4.69, 9.17) is 9.29 Å². The number of rotatable bonds is 6. The predicted molar refractivity (Wildman–Crippen MR) is 61.7 cm³/mol. The summed E-state index contributed by atoms with van der Waals surface area (Å²) in [5.74, 6) is -0.519. The molecule has 0 aromatic heterocycles. The van der Waals surface area contributed by atoms with Gasteiger partial charge in [0.25, 0.3) is 0 Å². The summed E-state index contributed by atoms with van der Waals surface area (Å²) in [6, 6.07) is 3.99. The first-order chi connectivity index (χ1) is 7.65. The summed E-state index contributed by atoms with van der Waals surface area (Å²) in [4.78, 5) is 0.354. The fraction of sp³-hybridized carbons (Fsp3) is 0.455. The van der Waals surface area contributed by atoms with Crippen LogP contribution in [0.15, 0.2) is 23.1 Å². The minimum atomic E-state index is -1.58. The van der Waals surface area contributed by atoms with E-state index in [0.717, 1.165) is 19.3 Å². The molecule has 0 fully saturated rings. The van der Waals surface area contributed by atoms with E-state index in [-0.39, 0.29) is 11.5 Å². The predicted octanol–water partition coefficient (Wildman–Crippen LogP) is 2.33. The molecule has 0 saturated carbocycles. The lowest BCUT2D eigenvalue weighted by molar-refractivity contribution is 0.334. The summed E-state index contributed by atoms with van der Waals surface area (Å²) in [6.45, 7) is 2.51. The molecule has 1 aromatic rings. The van der Waals surface area contributed by atoms with E-state index in [1.165, 1.54) is 18.2 Å². The van der Waals surface area contributed by atoms with Crippen LogP contribution in [0.1, 0.15) is 26.2 Å². The molecule has 1 rings (SSSR count). The van der Waals surface area contributed by atoms with Gasteiger partial charge in [-0.2, -0.15) is 0 Å². The van der Waals surface area contributed by atoms with Crippen LogP contribution in [0, 0.1) is 0 Å². The van der Waals surface area contributed by atoms with E-state index in [1.54, 1.807) is 0 Å². The summed E-state index contributed by atoms with van der Waals surface area (Å²) in [5.41, 5.74) is 0. The van der Waals surface area contributed by atoms with Crippen molar-refractivity contribution in [2.24, 2.45) is 0 Å². The first kappa shape index (κ1) is 13.0. The number of benzene rings is 1. The first-order valence-electron chi connectivity index (χ1n) is 5.22. The summed E-state index contributed by atoms with van der Waals surface area (Å²) in [6.07, 6.45) is 2.99. The second-order valence-corrected chi connectivity index (χ2v) is 4.59. The van der Waals surface area contributed by atoms with Crippen LogP contribution in [-0.2, 0) is 15.3 Å². The normalized spacial score (nSPS) is 12.6. The Kier molecular flexibility index (Phi) is 5.28. The zero-order valence-electron chi connectivity index (χ0n) is 9.18. The van der Waals surface area contributed by atoms with Crippen molar-refractivity contribution in [3.63, 3.8) is 0 Å². The minimum absolute atomic E-state index is 0.230. The van der Waals surface area contributed by atoms with Crippen molar-refractivity contribution in [3.8, 4) is 11.5 Å². The fourth-order valence-electron chi connectivity index (χ4n) is 1.16. The molecule has 0 heterocycles. The fourth-order valence-corrected chi connectivity index (χ4v) is 1.95. The molecule has 1 aromatic carbocycles. The van der Waals surface area contributed by atoms with Crippen molar-refractivity contribution < 1.29 is 18.6 Å². The van der Waals surface area contributed by atoms with E-state index in [0.29, 0.717) is 11.5 Å². The highest BCUT2D eigenvalue weighted by Crippen LogP contribution is 2.26. The number of hydrogen-bond donors (Lipinski definition) is 2. The maximum Gasteiger partial charge on any atom is 0.189 e. The topological polar surface area (TPSA) is 66.8 Å². The number of phenols is 2. The van der Waals surface area contributed by atoms with Crippen molar-refractivity contribution in [2.75, 3.05) is 6.61 Å². The Morgan fingerprint density at radius 2 is 2.00 bits per heavy atom. The summed E-state index contributed by atoms with van der Waals surface area (Å²) < 4.78 is 16.7. The number of aromatic hydroxyl groups is 2. The molecule has 0 aliphatic heterocycles. The molecule has 0 aliphatic carbocycles. The monoisotopic (exact) mass is 244 g/mol. The van der Waals surface area contributed by atoms with E-state index in [1.807, 2.05) is 0 Å². The van der Waals surface area contributed by atoms with Crippen LogP contribution in [0.2, 0.25) is 0 Å². The highest BCUT2D eigenvalue weighted by molar-refractivity contribution is 7.80. The Bertz CT molecular complexity index is 365. The Morgan fingerprint density at radius 3 is 2.62 bits per heavy atom. The van der Waals surface area contributed by atoms with Gasteiger partial charge in [0.05, 0.1) is 11.5 Å². The van der Waals surface area contributed by atoms with Gasteiger partial charge in [-0.3, -0.25) is 4.18 Å². The second-order valence-electron chi connectivity index (χ2n) is 3.41. The van der Waals surface area contributed by atoms with Gasteiger partial charge in [0, 0.05) is 6.07 Å². The standard InChI is InChI=1S/C11H16O4S/c1-2-3-4-7-15-16(14)9-5-6-10(12)11(13)8-9/h5-6,8,12-13H,2-4,7H2,1H3. The van der Waals surface area contributed by atoms with Gasteiger partial charge in [-0.15, -0.1) is 0 Å². The van der Waals surface area contributed by atoms with Crippen molar-refractivity contribution in [3.05, 3.63) is 18.2 Å². The molecule has 1 atom stereocenters. The van der Waals surface area contributed by atoms with Gasteiger partial charge in [-0.25, -0.2) is 4.21 Å². The molecule has 1 unspecified atom stereocenters. The lowest BCUT2D eigenvalue weighted by Crippen LogP contribution is -1.99. The van der Waals surface area contributed by atoms with Crippen molar-refractivity contribution >= 4 is 11.1 Å². The molecule has 90 valence electrons. The Hall–Kier alpha value is -1.07. The summed E-state index contributed by atoms with van der Waals surface area (Å²) in [5, 5.41) is 18.3. The highest BCUT2D eigenvalue weighted by atomic mass is 32.2. The molecule has 0 saturated heterocycles. The maximum atomic E-state index is 11.6. The van der Waals surface area contributed by atoms with Crippen LogP contribution in [0.4, 0.5) is 0 Å². The Balaban J connectivity index is 2.50. The largest absolute Gasteiger partial charge is 0.504 e. The maximum absolute atomic E-state index is 11.6. The van der Waals surface area contributed by atoms with Crippen molar-refractivity contribution in [2.45, 2.75) is 31.1 Å². The number of unbranched alkanes of at least 4 members (excludes halogenated alkanes) is 2. The molecule has 2 N–H and O–H groups in total. The van der Waals surface area contributed by atoms with Gasteiger partial charge in [0.2, 0.25) is 0 Å². The Labute approximate surface area is 97.5 Å². The van der Waals surface area contributed by atoms with Gasteiger partial charge in [0.15, 0.2) is 22.6 Å². The van der Waals surface area contributed by atoms with E-state index in [2.05, 4.69) is 6.92 Å². The average Bonchev–Trinajstić information content (AvgIpc) is 2.28. The second kappa shape index (κ2) is 6.50. The third kappa shape index (κ3) is 3.83. The first-order valence-corrected chi connectivity index (χ1v) is 6.29. The van der Waals surface area contributed by atoms with E-state index in [9.17, 15) is 9.32 Å². The Morgan fingerprint density at radius 1 is 1.25 bits per heavy atom. The van der Waals surface area contributed by atoms with Crippen LogP contribution < -0.4 is 0 Å². The average molecular weight is 244 g/mol. The summed E-state index contributed by atoms with van der Waals surface area (Å²) in [7, 11) is 0. The van der Waals surface area contributed by atoms with E-state index < -0.39 is 11.1 Å².